The molecule has 2 aliphatic heterocycles. The molecule has 2 N–H and O–H groups in total. The maximum atomic E-state index is 12.2. The Kier molecular flexibility index (Phi) is 4.65. The summed E-state index contributed by atoms with van der Waals surface area (Å²) >= 11 is 0. The van der Waals surface area contributed by atoms with Gasteiger partial charge in [-0.05, 0) is 18.9 Å². The molecule has 0 aromatic rings. The van der Waals surface area contributed by atoms with Crippen molar-refractivity contribution in [1.82, 2.24) is 15.1 Å². The molecule has 0 aromatic carbocycles. The van der Waals surface area contributed by atoms with Crippen LogP contribution in [0.3, 0.4) is 0 Å². The fourth-order valence-electron chi connectivity index (χ4n) is 3.04. The van der Waals surface area contributed by atoms with E-state index in [1.165, 1.54) is 0 Å². The molecular weight excluding hydrogens is 258 g/mol. The van der Waals surface area contributed by atoms with Gasteiger partial charge in [-0.2, -0.15) is 0 Å². The van der Waals surface area contributed by atoms with Gasteiger partial charge in [-0.3, -0.25) is 14.5 Å². The van der Waals surface area contributed by atoms with Crippen LogP contribution in [0.2, 0.25) is 0 Å². The topological polar surface area (TPSA) is 72.9 Å². The smallest absolute Gasteiger partial charge is 0.239 e. The number of carbonyl (C=O) groups excluding carboxylic acids is 2. The van der Waals surface area contributed by atoms with Crippen molar-refractivity contribution in [2.24, 2.45) is 11.3 Å². The molecule has 0 aliphatic carbocycles. The van der Waals surface area contributed by atoms with E-state index in [1.807, 2.05) is 0 Å². The Bertz CT molecular complexity index is 386. The van der Waals surface area contributed by atoms with Crippen LogP contribution in [-0.4, -0.2) is 72.6 Å². The third-order valence-corrected chi connectivity index (χ3v) is 4.75. The molecule has 2 fully saturated rings. The lowest BCUT2D eigenvalue weighted by atomic mass is 9.77. The predicted molar refractivity (Wildman–Crippen MR) is 75.0 cm³/mol. The van der Waals surface area contributed by atoms with Gasteiger partial charge in [0, 0.05) is 25.0 Å². The zero-order chi connectivity index (χ0) is 14.8. The van der Waals surface area contributed by atoms with Crippen LogP contribution in [0.15, 0.2) is 0 Å². The van der Waals surface area contributed by atoms with Gasteiger partial charge in [0.25, 0.3) is 0 Å². The molecular formula is C14H25N3O3. The lowest BCUT2D eigenvalue weighted by molar-refractivity contribution is -0.139. The minimum Gasteiger partial charge on any atom is -0.396 e. The second kappa shape index (κ2) is 6.10. The molecule has 2 aliphatic rings. The van der Waals surface area contributed by atoms with Crippen LogP contribution >= 0.6 is 0 Å². The highest BCUT2D eigenvalue weighted by Gasteiger charge is 2.40. The second-order valence-electron chi connectivity index (χ2n) is 6.30. The van der Waals surface area contributed by atoms with Gasteiger partial charge in [0.2, 0.25) is 11.8 Å². The normalized spacial score (nSPS) is 28.0. The van der Waals surface area contributed by atoms with Crippen molar-refractivity contribution in [3.05, 3.63) is 0 Å². The molecule has 1 unspecified atom stereocenters. The molecule has 1 atom stereocenters. The Morgan fingerprint density at radius 2 is 2.20 bits per heavy atom. The van der Waals surface area contributed by atoms with E-state index in [4.69, 9.17) is 0 Å². The van der Waals surface area contributed by atoms with E-state index in [-0.39, 0.29) is 30.4 Å². The summed E-state index contributed by atoms with van der Waals surface area (Å²) in [5.74, 6) is 0.323. The highest BCUT2D eigenvalue weighted by Crippen LogP contribution is 2.37. The number of hydrogen-bond donors (Lipinski definition) is 2. The van der Waals surface area contributed by atoms with Gasteiger partial charge >= 0.3 is 0 Å². The van der Waals surface area contributed by atoms with Gasteiger partial charge < -0.3 is 15.3 Å². The highest BCUT2D eigenvalue weighted by molar-refractivity contribution is 5.86. The zero-order valence-electron chi connectivity index (χ0n) is 12.4. The van der Waals surface area contributed by atoms with Crippen molar-refractivity contribution in [3.63, 3.8) is 0 Å². The number of nitrogens with zero attached hydrogens (tertiary/aromatic N) is 2. The van der Waals surface area contributed by atoms with Crippen molar-refractivity contribution in [1.29, 1.82) is 0 Å². The highest BCUT2D eigenvalue weighted by atomic mass is 16.3. The van der Waals surface area contributed by atoms with Crippen LogP contribution in [0.5, 0.6) is 0 Å². The summed E-state index contributed by atoms with van der Waals surface area (Å²) in [6, 6.07) is 0. The van der Waals surface area contributed by atoms with Gasteiger partial charge in [-0.1, -0.05) is 13.8 Å². The number of rotatable bonds is 4. The van der Waals surface area contributed by atoms with Gasteiger partial charge in [-0.25, -0.2) is 0 Å². The molecule has 0 spiro atoms. The number of carbonyl (C=O) groups is 2. The number of piperazine rings is 1. The fourth-order valence-corrected chi connectivity index (χ4v) is 3.04. The summed E-state index contributed by atoms with van der Waals surface area (Å²) in [6.07, 6.45) is 0.926. The second-order valence-corrected chi connectivity index (χ2v) is 6.30. The molecule has 2 heterocycles. The standard InChI is InChI=1S/C14H25N3O3/c1-11(2)14(10-18)3-5-16(9-14)8-13(20)17-6-4-15-12(19)7-17/h11,18H,3-10H2,1-2H3,(H,15,19). The third kappa shape index (κ3) is 3.12. The van der Waals surface area contributed by atoms with E-state index in [2.05, 4.69) is 24.1 Å². The summed E-state index contributed by atoms with van der Waals surface area (Å²) < 4.78 is 0. The molecule has 0 saturated carbocycles. The number of aliphatic hydroxyl groups is 1. The minimum atomic E-state index is -0.0853. The van der Waals surface area contributed by atoms with E-state index >= 15 is 0 Å². The SMILES string of the molecule is CC(C)C1(CO)CCN(CC(=O)N2CCNC(=O)C2)C1. The Morgan fingerprint density at radius 3 is 2.75 bits per heavy atom. The summed E-state index contributed by atoms with van der Waals surface area (Å²) in [5, 5.41) is 12.4. The van der Waals surface area contributed by atoms with Crippen LogP contribution in [-0.2, 0) is 9.59 Å². The largest absolute Gasteiger partial charge is 0.396 e. The van der Waals surface area contributed by atoms with E-state index in [0.29, 0.717) is 25.6 Å². The Labute approximate surface area is 120 Å². The Balaban J connectivity index is 1.88. The first-order chi connectivity index (χ1) is 9.47. The molecule has 6 nitrogen and oxygen atoms in total. The lowest BCUT2D eigenvalue weighted by Gasteiger charge is -2.32. The number of likely N-dealkylation sites (tertiary alicyclic amines) is 1. The maximum Gasteiger partial charge on any atom is 0.239 e. The summed E-state index contributed by atoms with van der Waals surface area (Å²) in [6.45, 7) is 7.65. The Morgan fingerprint density at radius 1 is 1.45 bits per heavy atom. The molecule has 2 rings (SSSR count). The van der Waals surface area contributed by atoms with Crippen LogP contribution in [0.25, 0.3) is 0 Å². The summed E-state index contributed by atoms with van der Waals surface area (Å²) in [4.78, 5) is 27.2. The van der Waals surface area contributed by atoms with E-state index < -0.39 is 0 Å². The van der Waals surface area contributed by atoms with E-state index in [9.17, 15) is 14.7 Å². The van der Waals surface area contributed by atoms with Crippen molar-refractivity contribution in [3.8, 4) is 0 Å². The van der Waals surface area contributed by atoms with Crippen molar-refractivity contribution in [2.45, 2.75) is 20.3 Å². The zero-order valence-corrected chi connectivity index (χ0v) is 12.4. The summed E-state index contributed by atoms with van der Waals surface area (Å²) in [7, 11) is 0. The minimum absolute atomic E-state index is 0.0114. The summed E-state index contributed by atoms with van der Waals surface area (Å²) in [5.41, 5.74) is -0.0838. The molecule has 0 bridgehead atoms. The van der Waals surface area contributed by atoms with Gasteiger partial charge in [-0.15, -0.1) is 0 Å². The molecule has 0 radical (unpaired) electrons. The van der Waals surface area contributed by atoms with Gasteiger partial charge in [0.1, 0.15) is 0 Å². The third-order valence-electron chi connectivity index (χ3n) is 4.75. The van der Waals surface area contributed by atoms with Gasteiger partial charge in [0.05, 0.1) is 19.7 Å². The number of nitrogens with one attached hydrogen (secondary N) is 1. The van der Waals surface area contributed by atoms with Crippen molar-refractivity contribution >= 4 is 11.8 Å². The molecule has 114 valence electrons. The Hall–Kier alpha value is -1.14. The van der Waals surface area contributed by atoms with Gasteiger partial charge in [0.15, 0.2) is 0 Å². The lowest BCUT2D eigenvalue weighted by Crippen LogP contribution is -2.52. The average molecular weight is 283 g/mol. The fraction of sp³-hybridized carbons (Fsp3) is 0.857. The average Bonchev–Trinajstić information content (AvgIpc) is 2.83. The number of amides is 2. The molecule has 20 heavy (non-hydrogen) atoms. The van der Waals surface area contributed by atoms with Crippen LogP contribution in [0.4, 0.5) is 0 Å². The molecule has 6 heteroatoms. The van der Waals surface area contributed by atoms with E-state index in [0.717, 1.165) is 19.5 Å². The molecule has 2 amide bonds. The van der Waals surface area contributed by atoms with E-state index in [1.54, 1.807) is 4.90 Å². The first-order valence-electron chi connectivity index (χ1n) is 7.34. The number of hydrogen-bond acceptors (Lipinski definition) is 4. The first kappa shape index (κ1) is 15.3. The number of aliphatic hydroxyl groups excluding tert-OH is 1. The predicted octanol–water partition coefficient (Wildman–Crippen LogP) is -0.715. The van der Waals surface area contributed by atoms with Crippen molar-refractivity contribution in [2.75, 3.05) is 45.9 Å². The van der Waals surface area contributed by atoms with Crippen LogP contribution in [0, 0.1) is 11.3 Å². The van der Waals surface area contributed by atoms with Crippen LogP contribution in [0.1, 0.15) is 20.3 Å². The molecule has 0 aromatic heterocycles. The van der Waals surface area contributed by atoms with Crippen LogP contribution < -0.4 is 5.32 Å². The monoisotopic (exact) mass is 283 g/mol. The maximum absolute atomic E-state index is 12.2. The first-order valence-corrected chi connectivity index (χ1v) is 7.34. The van der Waals surface area contributed by atoms with Crippen molar-refractivity contribution < 1.29 is 14.7 Å². The molecule has 2 saturated heterocycles. The quantitative estimate of drug-likeness (QED) is 0.714.